The predicted molar refractivity (Wildman–Crippen MR) is 74.0 cm³/mol. The summed E-state index contributed by atoms with van der Waals surface area (Å²) in [6.45, 7) is 8.56. The van der Waals surface area contributed by atoms with Crippen LogP contribution in [0, 0.1) is 0 Å². The van der Waals surface area contributed by atoms with E-state index in [0.29, 0.717) is 11.8 Å². The first-order valence-electron chi connectivity index (χ1n) is 6.48. The summed E-state index contributed by atoms with van der Waals surface area (Å²) in [5, 5.41) is 1.13. The molecule has 18 heavy (non-hydrogen) atoms. The van der Waals surface area contributed by atoms with Crippen LogP contribution in [0.25, 0.3) is 22.0 Å². The summed E-state index contributed by atoms with van der Waals surface area (Å²) >= 11 is 0. The molecule has 1 aromatic carbocycles. The second-order valence-electron chi connectivity index (χ2n) is 5.46. The molecule has 3 heteroatoms. The van der Waals surface area contributed by atoms with Gasteiger partial charge in [-0.2, -0.15) is 0 Å². The van der Waals surface area contributed by atoms with Crippen molar-refractivity contribution < 1.29 is 4.42 Å². The lowest BCUT2D eigenvalue weighted by Crippen LogP contribution is -1.84. The molecule has 2 aromatic heterocycles. The van der Waals surface area contributed by atoms with E-state index in [1.807, 2.05) is 6.07 Å². The Morgan fingerprint density at radius 3 is 2.56 bits per heavy atom. The van der Waals surface area contributed by atoms with Crippen LogP contribution in [-0.2, 0) is 0 Å². The number of H-pyrrole nitrogens is 1. The molecule has 0 unspecified atom stereocenters. The first-order valence-corrected chi connectivity index (χ1v) is 6.48. The van der Waals surface area contributed by atoms with Gasteiger partial charge in [-0.1, -0.05) is 27.7 Å². The minimum absolute atomic E-state index is 0.316. The lowest BCUT2D eigenvalue weighted by atomic mass is 10.1. The average molecular weight is 242 g/mol. The van der Waals surface area contributed by atoms with Gasteiger partial charge >= 0.3 is 0 Å². The molecule has 1 N–H and O–H groups in total. The van der Waals surface area contributed by atoms with Gasteiger partial charge < -0.3 is 9.40 Å². The van der Waals surface area contributed by atoms with E-state index in [0.717, 1.165) is 27.9 Å². The highest BCUT2D eigenvalue weighted by Crippen LogP contribution is 2.30. The molecule has 0 spiro atoms. The van der Waals surface area contributed by atoms with Crippen LogP contribution >= 0.6 is 0 Å². The van der Waals surface area contributed by atoms with Gasteiger partial charge in [-0.15, -0.1) is 0 Å². The zero-order valence-electron chi connectivity index (χ0n) is 11.2. The number of rotatable bonds is 2. The number of hydrogen-bond acceptors (Lipinski definition) is 2. The van der Waals surface area contributed by atoms with Crippen molar-refractivity contribution in [2.75, 3.05) is 0 Å². The molecule has 0 aliphatic rings. The second kappa shape index (κ2) is 3.87. The van der Waals surface area contributed by atoms with Gasteiger partial charge in [0.25, 0.3) is 0 Å². The van der Waals surface area contributed by atoms with Crippen LogP contribution < -0.4 is 0 Å². The lowest BCUT2D eigenvalue weighted by Gasteiger charge is -1.97. The molecule has 0 aliphatic carbocycles. The van der Waals surface area contributed by atoms with Crippen LogP contribution in [0.4, 0.5) is 0 Å². The minimum atomic E-state index is 0.316. The van der Waals surface area contributed by atoms with Gasteiger partial charge in [-0.05, 0) is 24.1 Å². The van der Waals surface area contributed by atoms with Gasteiger partial charge in [0.1, 0.15) is 5.52 Å². The standard InChI is InChI=1S/C15H18N2O/c1-8(2)13-7-10-11(16-13)5-6-12-14(10)18-15(17-12)9(3)4/h5-9,16H,1-4H3. The molecule has 3 aromatic rings. The highest BCUT2D eigenvalue weighted by Gasteiger charge is 2.14. The number of aromatic amines is 1. The Bertz CT molecular complexity index is 642. The second-order valence-corrected chi connectivity index (χ2v) is 5.46. The molecule has 0 saturated heterocycles. The predicted octanol–water partition coefficient (Wildman–Crippen LogP) is 4.56. The smallest absolute Gasteiger partial charge is 0.198 e. The van der Waals surface area contributed by atoms with Crippen molar-refractivity contribution in [1.29, 1.82) is 0 Å². The molecule has 0 radical (unpaired) electrons. The van der Waals surface area contributed by atoms with Gasteiger partial charge in [0.2, 0.25) is 0 Å². The van der Waals surface area contributed by atoms with Crippen LogP contribution in [0.15, 0.2) is 22.6 Å². The Balaban J connectivity index is 2.30. The number of oxazole rings is 1. The van der Waals surface area contributed by atoms with Crippen LogP contribution in [0.2, 0.25) is 0 Å². The number of nitrogens with one attached hydrogen (secondary N) is 1. The quantitative estimate of drug-likeness (QED) is 0.716. The SMILES string of the molecule is CC(C)c1cc2c(ccc3nc(C(C)C)oc32)[nH]1. The molecule has 0 aliphatic heterocycles. The van der Waals surface area contributed by atoms with Gasteiger partial charge in [0.05, 0.1) is 0 Å². The zero-order chi connectivity index (χ0) is 12.9. The van der Waals surface area contributed by atoms with E-state index in [2.05, 4.69) is 49.8 Å². The molecular formula is C15H18N2O. The Morgan fingerprint density at radius 1 is 1.11 bits per heavy atom. The van der Waals surface area contributed by atoms with Crippen molar-refractivity contribution in [3.63, 3.8) is 0 Å². The number of fused-ring (bicyclic) bond motifs is 3. The fourth-order valence-corrected chi connectivity index (χ4v) is 2.19. The summed E-state index contributed by atoms with van der Waals surface area (Å²) in [5.41, 5.74) is 4.21. The summed E-state index contributed by atoms with van der Waals surface area (Å²) in [6.07, 6.45) is 0. The van der Waals surface area contributed by atoms with E-state index < -0.39 is 0 Å². The molecule has 0 atom stereocenters. The summed E-state index contributed by atoms with van der Waals surface area (Å²) in [6, 6.07) is 6.28. The van der Waals surface area contributed by atoms with Crippen molar-refractivity contribution in [1.82, 2.24) is 9.97 Å². The fourth-order valence-electron chi connectivity index (χ4n) is 2.19. The maximum Gasteiger partial charge on any atom is 0.198 e. The lowest BCUT2D eigenvalue weighted by molar-refractivity contribution is 0.503. The fraction of sp³-hybridized carbons (Fsp3) is 0.400. The van der Waals surface area contributed by atoms with E-state index in [9.17, 15) is 0 Å². The molecule has 3 rings (SSSR count). The van der Waals surface area contributed by atoms with E-state index in [1.54, 1.807) is 0 Å². The van der Waals surface area contributed by atoms with E-state index >= 15 is 0 Å². The third-order valence-corrected chi connectivity index (χ3v) is 3.31. The first-order chi connectivity index (χ1) is 8.56. The van der Waals surface area contributed by atoms with Crippen molar-refractivity contribution >= 4 is 22.0 Å². The highest BCUT2D eigenvalue weighted by atomic mass is 16.3. The highest BCUT2D eigenvalue weighted by molar-refractivity contribution is 6.02. The molecule has 0 fully saturated rings. The largest absolute Gasteiger partial charge is 0.440 e. The number of hydrogen-bond donors (Lipinski definition) is 1. The van der Waals surface area contributed by atoms with E-state index in [4.69, 9.17) is 4.42 Å². The number of nitrogens with zero attached hydrogens (tertiary/aromatic N) is 1. The molecule has 2 heterocycles. The van der Waals surface area contributed by atoms with Gasteiger partial charge in [0, 0.05) is 22.5 Å². The maximum absolute atomic E-state index is 5.90. The number of aromatic nitrogens is 2. The topological polar surface area (TPSA) is 41.8 Å². The molecule has 0 saturated carbocycles. The van der Waals surface area contributed by atoms with Crippen LogP contribution in [-0.4, -0.2) is 9.97 Å². The third kappa shape index (κ3) is 1.62. The average Bonchev–Trinajstić information content (AvgIpc) is 2.91. The van der Waals surface area contributed by atoms with Crippen molar-refractivity contribution in [2.45, 2.75) is 39.5 Å². The first kappa shape index (κ1) is 11.3. The van der Waals surface area contributed by atoms with Crippen molar-refractivity contribution in [3.8, 4) is 0 Å². The maximum atomic E-state index is 5.90. The van der Waals surface area contributed by atoms with Crippen LogP contribution in [0.3, 0.4) is 0 Å². The normalized spacial score (nSPS) is 12.3. The summed E-state index contributed by atoms with van der Waals surface area (Å²) in [4.78, 5) is 7.97. The van der Waals surface area contributed by atoms with Crippen molar-refractivity contribution in [2.24, 2.45) is 0 Å². The van der Waals surface area contributed by atoms with Crippen LogP contribution in [0.1, 0.15) is 51.1 Å². The minimum Gasteiger partial charge on any atom is -0.440 e. The Kier molecular flexibility index (Phi) is 2.44. The van der Waals surface area contributed by atoms with Gasteiger partial charge in [-0.3, -0.25) is 0 Å². The zero-order valence-corrected chi connectivity index (χ0v) is 11.2. The van der Waals surface area contributed by atoms with E-state index in [-0.39, 0.29) is 0 Å². The molecule has 3 nitrogen and oxygen atoms in total. The number of benzene rings is 1. The third-order valence-electron chi connectivity index (χ3n) is 3.31. The monoisotopic (exact) mass is 242 g/mol. The van der Waals surface area contributed by atoms with Crippen molar-refractivity contribution in [3.05, 3.63) is 29.8 Å². The molecule has 0 amide bonds. The summed E-state index contributed by atoms with van der Waals surface area (Å²) in [5.74, 6) is 1.61. The van der Waals surface area contributed by atoms with Gasteiger partial charge in [0.15, 0.2) is 11.5 Å². The molecule has 94 valence electrons. The summed E-state index contributed by atoms with van der Waals surface area (Å²) < 4.78 is 5.90. The Labute approximate surface area is 106 Å². The van der Waals surface area contributed by atoms with E-state index in [1.165, 1.54) is 5.69 Å². The molecular weight excluding hydrogens is 224 g/mol. The van der Waals surface area contributed by atoms with Gasteiger partial charge in [-0.25, -0.2) is 4.98 Å². The Morgan fingerprint density at radius 2 is 1.89 bits per heavy atom. The summed E-state index contributed by atoms with van der Waals surface area (Å²) in [7, 11) is 0. The van der Waals surface area contributed by atoms with Crippen LogP contribution in [0.5, 0.6) is 0 Å². The molecule has 0 bridgehead atoms. The Hall–Kier alpha value is -1.77.